The normalized spacial score (nSPS) is 23.9. The van der Waals surface area contributed by atoms with Crippen LogP contribution in [0.1, 0.15) is 18.5 Å². The lowest BCUT2D eigenvalue weighted by molar-refractivity contribution is -0.153. The Morgan fingerprint density at radius 3 is 2.62 bits per heavy atom. The molecule has 0 radical (unpaired) electrons. The van der Waals surface area contributed by atoms with Gasteiger partial charge in [0.25, 0.3) is 11.8 Å². The number of hydrogen-bond donors (Lipinski definition) is 4. The number of carbonyl (C=O) groups is 4. The van der Waals surface area contributed by atoms with E-state index in [1.54, 1.807) is 0 Å². The Kier molecular flexibility index (Phi) is 5.82. The second kappa shape index (κ2) is 8.37. The van der Waals surface area contributed by atoms with Crippen LogP contribution in [0.3, 0.4) is 0 Å². The van der Waals surface area contributed by atoms with Crippen LogP contribution in [0.25, 0.3) is 0 Å². The quantitative estimate of drug-likeness (QED) is 0.120. The maximum atomic E-state index is 13.0. The number of amides is 3. The van der Waals surface area contributed by atoms with Crippen LogP contribution in [0.4, 0.5) is 9.93 Å². The van der Waals surface area contributed by atoms with E-state index in [1.165, 1.54) is 5.38 Å². The molecule has 3 amide bonds. The zero-order valence-electron chi connectivity index (χ0n) is 17.1. The largest absolute Gasteiger partial charge is 0.478 e. The second-order valence-corrected chi connectivity index (χ2v) is 9.77. The topological polar surface area (TPSA) is 231 Å². The van der Waals surface area contributed by atoms with E-state index >= 15 is 0 Å². The molecule has 1 aliphatic carbocycles. The molecule has 0 unspecified atom stereocenters. The van der Waals surface area contributed by atoms with Gasteiger partial charge in [-0.25, -0.2) is 18.9 Å². The molecule has 3 aliphatic rings. The van der Waals surface area contributed by atoms with E-state index in [4.69, 9.17) is 15.3 Å². The average molecular weight is 518 g/mol. The van der Waals surface area contributed by atoms with Gasteiger partial charge in [-0.15, -0.1) is 11.3 Å². The van der Waals surface area contributed by atoms with E-state index in [0.717, 1.165) is 16.2 Å². The van der Waals surface area contributed by atoms with E-state index < -0.39 is 57.6 Å². The number of ether oxygens (including phenoxy) is 1. The summed E-state index contributed by atoms with van der Waals surface area (Å²) in [7, 11) is -4.99. The smallest absolute Gasteiger partial charge is 0.410 e. The number of β-lactam (4-membered cyclic amide) rings is 1. The van der Waals surface area contributed by atoms with Crippen LogP contribution in [-0.2, 0) is 34.3 Å². The lowest BCUT2D eigenvalue weighted by atomic mass is 9.97. The van der Waals surface area contributed by atoms with Gasteiger partial charge in [0, 0.05) is 24.8 Å². The number of nitrogen functional groups attached to an aromatic ring is 1. The molecule has 0 bridgehead atoms. The third kappa shape index (κ3) is 4.33. The predicted octanol–water partition coefficient (Wildman–Crippen LogP) is -1.99. The van der Waals surface area contributed by atoms with Crippen molar-refractivity contribution in [2.75, 3.05) is 25.4 Å². The number of oxime groups is 1. The molecular weight excluding hydrogens is 500 g/mol. The van der Waals surface area contributed by atoms with Crippen molar-refractivity contribution in [2.24, 2.45) is 5.16 Å². The number of carboxylic acids is 1. The maximum absolute atomic E-state index is 13.0. The maximum Gasteiger partial charge on any atom is 0.410 e. The van der Waals surface area contributed by atoms with Crippen LogP contribution in [0.5, 0.6) is 0 Å². The van der Waals surface area contributed by atoms with Gasteiger partial charge >= 0.3 is 22.4 Å². The van der Waals surface area contributed by atoms with Crippen LogP contribution in [0.2, 0.25) is 0 Å². The summed E-state index contributed by atoms with van der Waals surface area (Å²) in [6.07, 6.45) is -0.423. The molecule has 18 heteroatoms. The number of nitrogens with one attached hydrogen (secondary N) is 1. The molecule has 0 aromatic carbocycles. The molecular formula is C16H18N6O10S2. The SMILES string of the molecule is Nc1nc(/C(=N/OC2(C(=O)O)CC2)C(=O)N[C@@H]2C(=O)N(S(=O)(=O)O)[C@@H]2CN2CCOC2=O)cs1. The van der Waals surface area contributed by atoms with Gasteiger partial charge < -0.3 is 30.6 Å². The summed E-state index contributed by atoms with van der Waals surface area (Å²) in [6, 6.07) is -2.81. The minimum absolute atomic E-state index is 0.0487. The molecule has 0 spiro atoms. The summed E-state index contributed by atoms with van der Waals surface area (Å²) < 4.78 is 37.6. The number of carbonyl (C=O) groups excluding carboxylic acids is 3. The fraction of sp³-hybridized carbons (Fsp3) is 0.500. The number of cyclic esters (lactones) is 1. The minimum Gasteiger partial charge on any atom is -0.478 e. The monoisotopic (exact) mass is 518 g/mol. The van der Waals surface area contributed by atoms with Crippen molar-refractivity contribution in [3.05, 3.63) is 11.1 Å². The van der Waals surface area contributed by atoms with Crippen molar-refractivity contribution >= 4 is 56.4 Å². The Morgan fingerprint density at radius 1 is 1.41 bits per heavy atom. The highest BCUT2D eigenvalue weighted by Gasteiger charge is 2.56. The van der Waals surface area contributed by atoms with Crippen molar-refractivity contribution in [1.82, 2.24) is 19.5 Å². The first-order chi connectivity index (χ1) is 15.9. The van der Waals surface area contributed by atoms with Gasteiger partial charge in [-0.1, -0.05) is 5.16 Å². The lowest BCUT2D eigenvalue weighted by Gasteiger charge is -2.45. The third-order valence-electron chi connectivity index (χ3n) is 5.34. The molecule has 5 N–H and O–H groups in total. The number of thiazole rings is 1. The highest BCUT2D eigenvalue weighted by atomic mass is 32.2. The number of hydrogen-bond acceptors (Lipinski definition) is 12. The van der Waals surface area contributed by atoms with Gasteiger partial charge in [0.05, 0.1) is 12.6 Å². The van der Waals surface area contributed by atoms with Crippen molar-refractivity contribution < 1.29 is 46.8 Å². The molecule has 1 aromatic heterocycles. The zero-order valence-corrected chi connectivity index (χ0v) is 18.7. The minimum atomic E-state index is -4.99. The molecule has 2 aliphatic heterocycles. The van der Waals surface area contributed by atoms with E-state index in [-0.39, 0.29) is 47.7 Å². The van der Waals surface area contributed by atoms with Crippen LogP contribution >= 0.6 is 11.3 Å². The second-order valence-electron chi connectivity index (χ2n) is 7.59. The van der Waals surface area contributed by atoms with Crippen molar-refractivity contribution in [2.45, 2.75) is 30.5 Å². The molecule has 1 aromatic rings. The van der Waals surface area contributed by atoms with Gasteiger partial charge in [-0.3, -0.25) is 14.1 Å². The highest BCUT2D eigenvalue weighted by Crippen LogP contribution is 2.40. The number of rotatable bonds is 9. The first-order valence-corrected chi connectivity index (χ1v) is 11.9. The number of carboxylic acid groups (broad SMARTS) is 1. The van der Waals surface area contributed by atoms with Crippen molar-refractivity contribution in [3.8, 4) is 0 Å². The average Bonchev–Trinajstić information content (AvgIpc) is 3.26. The van der Waals surface area contributed by atoms with Crippen LogP contribution in [0, 0.1) is 0 Å². The van der Waals surface area contributed by atoms with Crippen LogP contribution < -0.4 is 11.1 Å². The molecule has 3 heterocycles. The molecule has 16 nitrogen and oxygen atoms in total. The molecule has 184 valence electrons. The number of aromatic nitrogens is 1. The van der Waals surface area contributed by atoms with Gasteiger partial charge in [0.1, 0.15) is 18.3 Å². The number of aliphatic carboxylic acids is 1. The summed E-state index contributed by atoms with van der Waals surface area (Å²) in [5, 5.41) is 16.6. The Hall–Kier alpha value is -3.51. The van der Waals surface area contributed by atoms with Crippen LogP contribution in [-0.4, -0.2) is 99.2 Å². The number of nitrogens with two attached hydrogens (primary N) is 1. The Labute approximate surface area is 195 Å². The van der Waals surface area contributed by atoms with E-state index in [9.17, 15) is 37.3 Å². The Bertz CT molecular complexity index is 1190. The molecule has 34 heavy (non-hydrogen) atoms. The first kappa shape index (κ1) is 23.6. The molecule has 3 fully saturated rings. The van der Waals surface area contributed by atoms with E-state index in [0.29, 0.717) is 0 Å². The highest BCUT2D eigenvalue weighted by molar-refractivity contribution is 7.84. The number of nitrogens with zero attached hydrogens (tertiary/aromatic N) is 4. The third-order valence-corrected chi connectivity index (χ3v) is 6.96. The summed E-state index contributed by atoms with van der Waals surface area (Å²) in [5.74, 6) is -3.48. The standard InChI is InChI=1S/C16H18N6O10S2/c17-14-18-7(6-33-14)9(20-32-16(1-2-16)13(25)26)11(23)19-10-8(5-21-3-4-31-15(21)27)22(12(10)24)34(28,29)30/h6,8,10H,1-5H2,(H2,17,18)(H,19,23)(H,25,26)(H,28,29,30)/b20-9-/t8-,10+/m1/s1. The Balaban J connectivity index is 1.57. The van der Waals surface area contributed by atoms with Gasteiger partial charge in [0.2, 0.25) is 5.60 Å². The molecule has 2 atom stereocenters. The van der Waals surface area contributed by atoms with E-state index in [1.807, 2.05) is 0 Å². The van der Waals surface area contributed by atoms with E-state index in [2.05, 4.69) is 15.5 Å². The summed E-state index contributed by atoms with van der Waals surface area (Å²) >= 11 is 0.959. The van der Waals surface area contributed by atoms with Crippen molar-refractivity contribution in [3.63, 3.8) is 0 Å². The molecule has 2 saturated heterocycles. The fourth-order valence-corrected chi connectivity index (χ4v) is 4.78. The van der Waals surface area contributed by atoms with Gasteiger partial charge in [-0.2, -0.15) is 8.42 Å². The summed E-state index contributed by atoms with van der Waals surface area (Å²) in [6.45, 7) is -0.198. The van der Waals surface area contributed by atoms with Gasteiger partial charge in [-0.05, 0) is 0 Å². The summed E-state index contributed by atoms with van der Waals surface area (Å²) in [5.41, 5.74) is 3.44. The fourth-order valence-electron chi connectivity index (χ4n) is 3.36. The summed E-state index contributed by atoms with van der Waals surface area (Å²) in [4.78, 5) is 58.6. The lowest BCUT2D eigenvalue weighted by Crippen LogP contribution is -2.74. The van der Waals surface area contributed by atoms with Crippen molar-refractivity contribution in [1.29, 1.82) is 0 Å². The van der Waals surface area contributed by atoms with Gasteiger partial charge in [0.15, 0.2) is 10.8 Å². The Morgan fingerprint density at radius 2 is 2.12 bits per heavy atom. The molecule has 4 rings (SSSR count). The van der Waals surface area contributed by atoms with Crippen LogP contribution in [0.15, 0.2) is 10.5 Å². The molecule has 1 saturated carbocycles. The number of anilines is 1. The zero-order chi connectivity index (χ0) is 24.8. The first-order valence-electron chi connectivity index (χ1n) is 9.67. The predicted molar refractivity (Wildman–Crippen MR) is 111 cm³/mol.